The van der Waals surface area contributed by atoms with Gasteiger partial charge in [0.2, 0.25) is 5.89 Å². The first-order valence-electron chi connectivity index (χ1n) is 7.70. The predicted octanol–water partition coefficient (Wildman–Crippen LogP) is 3.60. The SMILES string of the molecule is CCOc1cc(-c2nnc(N)o2)ccc1OCc1ccc(C)cc1. The summed E-state index contributed by atoms with van der Waals surface area (Å²) >= 11 is 0. The van der Waals surface area contributed by atoms with Gasteiger partial charge < -0.3 is 19.6 Å². The highest BCUT2D eigenvalue weighted by Gasteiger charge is 2.12. The number of aryl methyl sites for hydroxylation is 1. The van der Waals surface area contributed by atoms with Crippen LogP contribution in [0.3, 0.4) is 0 Å². The fourth-order valence-electron chi connectivity index (χ4n) is 2.23. The van der Waals surface area contributed by atoms with Gasteiger partial charge in [-0.05, 0) is 37.6 Å². The van der Waals surface area contributed by atoms with Gasteiger partial charge in [0.25, 0.3) is 0 Å². The van der Waals surface area contributed by atoms with Crippen LogP contribution >= 0.6 is 0 Å². The van der Waals surface area contributed by atoms with Crippen LogP contribution in [0.2, 0.25) is 0 Å². The molecule has 6 heteroatoms. The lowest BCUT2D eigenvalue weighted by Gasteiger charge is -2.13. The summed E-state index contributed by atoms with van der Waals surface area (Å²) in [7, 11) is 0. The van der Waals surface area contributed by atoms with Gasteiger partial charge in [-0.25, -0.2) is 0 Å². The number of benzene rings is 2. The summed E-state index contributed by atoms with van der Waals surface area (Å²) in [6.45, 7) is 4.96. The van der Waals surface area contributed by atoms with Gasteiger partial charge in [-0.2, -0.15) is 0 Å². The number of nitrogens with zero attached hydrogens (tertiary/aromatic N) is 2. The molecular weight excluding hydrogens is 306 g/mol. The second kappa shape index (κ2) is 7.04. The van der Waals surface area contributed by atoms with E-state index in [2.05, 4.69) is 29.3 Å². The van der Waals surface area contributed by atoms with Crippen molar-refractivity contribution in [2.45, 2.75) is 20.5 Å². The van der Waals surface area contributed by atoms with E-state index in [0.29, 0.717) is 30.6 Å². The van der Waals surface area contributed by atoms with Crippen LogP contribution in [0.15, 0.2) is 46.9 Å². The molecule has 6 nitrogen and oxygen atoms in total. The van der Waals surface area contributed by atoms with Gasteiger partial charge in [-0.3, -0.25) is 0 Å². The highest BCUT2D eigenvalue weighted by atomic mass is 16.5. The summed E-state index contributed by atoms with van der Waals surface area (Å²) in [5.41, 5.74) is 8.51. The molecular formula is C18H19N3O3. The van der Waals surface area contributed by atoms with Crippen molar-refractivity contribution in [2.24, 2.45) is 0 Å². The van der Waals surface area contributed by atoms with Gasteiger partial charge in [0.15, 0.2) is 11.5 Å². The Hall–Kier alpha value is -3.02. The summed E-state index contributed by atoms with van der Waals surface area (Å²) in [6.07, 6.45) is 0. The van der Waals surface area contributed by atoms with E-state index in [1.54, 1.807) is 6.07 Å². The van der Waals surface area contributed by atoms with E-state index in [1.165, 1.54) is 5.56 Å². The molecule has 0 bridgehead atoms. The van der Waals surface area contributed by atoms with Crippen LogP contribution in [0.25, 0.3) is 11.5 Å². The lowest BCUT2D eigenvalue weighted by molar-refractivity contribution is 0.269. The zero-order chi connectivity index (χ0) is 16.9. The second-order valence-electron chi connectivity index (χ2n) is 5.31. The number of nitrogens with two attached hydrogens (primary N) is 1. The number of nitrogen functional groups attached to an aromatic ring is 1. The number of hydrogen-bond acceptors (Lipinski definition) is 6. The maximum atomic E-state index is 5.90. The largest absolute Gasteiger partial charge is 0.490 e. The Labute approximate surface area is 140 Å². The fourth-order valence-corrected chi connectivity index (χ4v) is 2.23. The molecule has 0 unspecified atom stereocenters. The Morgan fingerprint density at radius 3 is 2.46 bits per heavy atom. The van der Waals surface area contributed by atoms with Crippen molar-refractivity contribution in [3.63, 3.8) is 0 Å². The van der Waals surface area contributed by atoms with Crippen LogP contribution in [-0.4, -0.2) is 16.8 Å². The highest BCUT2D eigenvalue weighted by molar-refractivity contribution is 5.60. The molecule has 0 atom stereocenters. The standard InChI is InChI=1S/C18H19N3O3/c1-3-22-16-10-14(17-20-21-18(19)24-17)8-9-15(16)23-11-13-6-4-12(2)5-7-13/h4-10H,3,11H2,1-2H3,(H2,19,21). The lowest BCUT2D eigenvalue weighted by atomic mass is 10.1. The third-order valence-corrected chi connectivity index (χ3v) is 3.45. The first-order valence-corrected chi connectivity index (χ1v) is 7.70. The molecule has 0 amide bonds. The molecule has 0 saturated carbocycles. The number of anilines is 1. The topological polar surface area (TPSA) is 83.4 Å². The molecule has 0 aliphatic heterocycles. The molecule has 0 radical (unpaired) electrons. The average molecular weight is 325 g/mol. The van der Waals surface area contributed by atoms with Gasteiger partial charge in [0, 0.05) is 5.56 Å². The maximum Gasteiger partial charge on any atom is 0.313 e. The van der Waals surface area contributed by atoms with Gasteiger partial charge in [0.1, 0.15) is 6.61 Å². The summed E-state index contributed by atoms with van der Waals surface area (Å²) in [6, 6.07) is 13.7. The third-order valence-electron chi connectivity index (χ3n) is 3.45. The normalized spacial score (nSPS) is 10.6. The molecule has 2 aromatic carbocycles. The van der Waals surface area contributed by atoms with Crippen molar-refractivity contribution in [3.05, 3.63) is 53.6 Å². The number of ether oxygens (including phenoxy) is 2. The van der Waals surface area contributed by atoms with Crippen LogP contribution in [0.4, 0.5) is 6.01 Å². The van der Waals surface area contributed by atoms with E-state index in [1.807, 2.05) is 31.2 Å². The predicted molar refractivity (Wildman–Crippen MR) is 90.8 cm³/mol. The van der Waals surface area contributed by atoms with E-state index in [4.69, 9.17) is 19.6 Å². The van der Waals surface area contributed by atoms with Gasteiger partial charge in [0.05, 0.1) is 6.61 Å². The maximum absolute atomic E-state index is 5.90. The van der Waals surface area contributed by atoms with Crippen molar-refractivity contribution in [2.75, 3.05) is 12.3 Å². The molecule has 1 aromatic heterocycles. The molecule has 124 valence electrons. The molecule has 24 heavy (non-hydrogen) atoms. The zero-order valence-electron chi connectivity index (χ0n) is 13.7. The minimum absolute atomic E-state index is 0.0302. The van der Waals surface area contributed by atoms with E-state index in [-0.39, 0.29) is 6.01 Å². The van der Waals surface area contributed by atoms with Gasteiger partial charge in [-0.1, -0.05) is 34.9 Å². The summed E-state index contributed by atoms with van der Waals surface area (Å²) in [5.74, 6) is 1.63. The number of aromatic nitrogens is 2. The monoisotopic (exact) mass is 325 g/mol. The van der Waals surface area contributed by atoms with Gasteiger partial charge >= 0.3 is 6.01 Å². The molecule has 0 aliphatic carbocycles. The zero-order valence-corrected chi connectivity index (χ0v) is 13.7. The minimum atomic E-state index is 0.0302. The molecule has 0 aliphatic rings. The Balaban J connectivity index is 1.80. The Morgan fingerprint density at radius 2 is 1.79 bits per heavy atom. The van der Waals surface area contributed by atoms with Crippen molar-refractivity contribution < 1.29 is 13.9 Å². The van der Waals surface area contributed by atoms with E-state index >= 15 is 0 Å². The molecule has 2 N–H and O–H groups in total. The highest BCUT2D eigenvalue weighted by Crippen LogP contribution is 2.33. The summed E-state index contributed by atoms with van der Waals surface area (Å²) in [5, 5.41) is 7.54. The molecule has 3 aromatic rings. The Morgan fingerprint density at radius 1 is 1.00 bits per heavy atom. The van der Waals surface area contributed by atoms with Crippen molar-refractivity contribution >= 4 is 6.01 Å². The van der Waals surface area contributed by atoms with Crippen LogP contribution in [0, 0.1) is 6.92 Å². The Kier molecular flexibility index (Phi) is 4.65. The van der Waals surface area contributed by atoms with Crippen molar-refractivity contribution in [3.8, 4) is 23.0 Å². The van der Waals surface area contributed by atoms with Crippen LogP contribution in [0.5, 0.6) is 11.5 Å². The number of hydrogen-bond donors (Lipinski definition) is 1. The first-order chi connectivity index (χ1) is 11.7. The van der Waals surface area contributed by atoms with Crippen LogP contribution in [0.1, 0.15) is 18.1 Å². The van der Waals surface area contributed by atoms with Crippen LogP contribution < -0.4 is 15.2 Å². The smallest absolute Gasteiger partial charge is 0.313 e. The van der Waals surface area contributed by atoms with Crippen molar-refractivity contribution in [1.82, 2.24) is 10.2 Å². The number of rotatable bonds is 6. The van der Waals surface area contributed by atoms with Crippen molar-refractivity contribution in [1.29, 1.82) is 0 Å². The van der Waals surface area contributed by atoms with E-state index in [9.17, 15) is 0 Å². The fraction of sp³-hybridized carbons (Fsp3) is 0.222. The quantitative estimate of drug-likeness (QED) is 0.745. The second-order valence-corrected chi connectivity index (χ2v) is 5.31. The van der Waals surface area contributed by atoms with E-state index < -0.39 is 0 Å². The summed E-state index contributed by atoms with van der Waals surface area (Å²) < 4.78 is 16.8. The average Bonchev–Trinajstić information content (AvgIpc) is 3.02. The van der Waals surface area contributed by atoms with Crippen LogP contribution in [-0.2, 0) is 6.61 Å². The summed E-state index contributed by atoms with van der Waals surface area (Å²) in [4.78, 5) is 0. The Bertz CT molecular complexity index is 813. The minimum Gasteiger partial charge on any atom is -0.490 e. The molecule has 3 rings (SSSR count). The van der Waals surface area contributed by atoms with E-state index in [0.717, 1.165) is 11.1 Å². The molecule has 0 fully saturated rings. The van der Waals surface area contributed by atoms with Gasteiger partial charge in [-0.15, -0.1) is 5.10 Å². The molecule has 0 saturated heterocycles. The molecule has 1 heterocycles. The molecule has 0 spiro atoms. The first kappa shape index (κ1) is 15.9. The third kappa shape index (κ3) is 3.65. The lowest BCUT2D eigenvalue weighted by Crippen LogP contribution is -2.00.